The molecule has 0 bridgehead atoms. The van der Waals surface area contributed by atoms with E-state index < -0.39 is 15.9 Å². The zero-order valence-electron chi connectivity index (χ0n) is 21.1. The van der Waals surface area contributed by atoms with Crippen molar-refractivity contribution in [3.63, 3.8) is 0 Å². The molecule has 0 aliphatic heterocycles. The summed E-state index contributed by atoms with van der Waals surface area (Å²) < 4.78 is 30.5. The summed E-state index contributed by atoms with van der Waals surface area (Å²) in [7, 11) is -4.06. The predicted octanol–water partition coefficient (Wildman–Crippen LogP) is 3.40. The molecule has 0 heterocycles. The highest BCUT2D eigenvalue weighted by Crippen LogP contribution is 2.68. The van der Waals surface area contributed by atoms with E-state index in [1.165, 1.54) is 6.42 Å². The summed E-state index contributed by atoms with van der Waals surface area (Å²) in [6.07, 6.45) is 8.87. The van der Waals surface area contributed by atoms with E-state index in [4.69, 9.17) is 4.55 Å². The third-order valence-electron chi connectivity index (χ3n) is 10.9. The Hall–Kier alpha value is -0.700. The average molecular weight is 500 g/mol. The van der Waals surface area contributed by atoms with E-state index in [2.05, 4.69) is 26.1 Å². The maximum absolute atomic E-state index is 12.2. The normalized spacial score (nSPS) is 45.1. The van der Waals surface area contributed by atoms with Gasteiger partial charge in [-0.15, -0.1) is 0 Å². The molecule has 0 aromatic rings. The smallest absolute Gasteiger partial charge is 0.266 e. The molecule has 0 radical (unpaired) electrons. The average Bonchev–Trinajstić information content (AvgIpc) is 3.09. The molecule has 4 saturated carbocycles. The van der Waals surface area contributed by atoms with Gasteiger partial charge in [-0.3, -0.25) is 9.35 Å². The van der Waals surface area contributed by atoms with Crippen LogP contribution in [0.25, 0.3) is 0 Å². The van der Waals surface area contributed by atoms with Crippen LogP contribution in [0.3, 0.4) is 0 Å². The quantitative estimate of drug-likeness (QED) is 0.398. The molecule has 7 nitrogen and oxygen atoms in total. The highest BCUT2D eigenvalue weighted by atomic mass is 32.2. The van der Waals surface area contributed by atoms with Crippen LogP contribution in [-0.2, 0) is 14.9 Å². The number of hydrogen-bond acceptors (Lipinski definition) is 5. The van der Waals surface area contributed by atoms with Gasteiger partial charge in [-0.2, -0.15) is 8.42 Å². The Labute approximate surface area is 205 Å². The predicted molar refractivity (Wildman–Crippen MR) is 130 cm³/mol. The van der Waals surface area contributed by atoms with Crippen molar-refractivity contribution in [3.8, 4) is 0 Å². The summed E-state index contributed by atoms with van der Waals surface area (Å²) in [6, 6.07) is 0. The van der Waals surface area contributed by atoms with Crippen molar-refractivity contribution in [2.24, 2.45) is 46.3 Å². The minimum Gasteiger partial charge on any atom is -0.393 e. The van der Waals surface area contributed by atoms with E-state index in [0.29, 0.717) is 41.9 Å². The lowest BCUT2D eigenvalue weighted by Crippen LogP contribution is -2.58. The Balaban J connectivity index is 1.39. The van der Waals surface area contributed by atoms with Gasteiger partial charge in [0.1, 0.15) is 0 Å². The molecule has 4 N–H and O–H groups in total. The molecule has 4 rings (SSSR count). The first-order valence-corrected chi connectivity index (χ1v) is 15.0. The van der Waals surface area contributed by atoms with Crippen LogP contribution in [0, 0.1) is 46.3 Å². The molecule has 0 saturated heterocycles. The van der Waals surface area contributed by atoms with E-state index in [9.17, 15) is 23.4 Å². The second-order valence-corrected chi connectivity index (χ2v) is 14.2. The van der Waals surface area contributed by atoms with Gasteiger partial charge >= 0.3 is 0 Å². The van der Waals surface area contributed by atoms with Crippen LogP contribution in [0.2, 0.25) is 0 Å². The van der Waals surface area contributed by atoms with Crippen LogP contribution in [0.1, 0.15) is 85.0 Å². The van der Waals surface area contributed by atoms with Gasteiger partial charge in [0.15, 0.2) is 0 Å². The maximum Gasteiger partial charge on any atom is 0.266 e. The fourth-order valence-electron chi connectivity index (χ4n) is 9.14. The largest absolute Gasteiger partial charge is 0.393 e. The number of fused-ring (bicyclic) bond motifs is 5. The van der Waals surface area contributed by atoms with Crippen molar-refractivity contribution < 1.29 is 28.0 Å². The van der Waals surface area contributed by atoms with Crippen LogP contribution in [-0.4, -0.2) is 53.6 Å². The van der Waals surface area contributed by atoms with Crippen molar-refractivity contribution in [1.29, 1.82) is 0 Å². The fourth-order valence-corrected chi connectivity index (χ4v) is 9.50. The lowest BCUT2D eigenvalue weighted by Gasteiger charge is -2.62. The number of carbonyl (C=O) groups excluding carboxylic acids is 1. The lowest BCUT2D eigenvalue weighted by molar-refractivity contribution is -0.174. The van der Waals surface area contributed by atoms with E-state index in [0.717, 1.165) is 51.4 Å². The van der Waals surface area contributed by atoms with Crippen LogP contribution in [0.4, 0.5) is 0 Å². The number of hydrogen-bond donors (Lipinski definition) is 4. The Morgan fingerprint density at radius 2 is 1.71 bits per heavy atom. The summed E-state index contributed by atoms with van der Waals surface area (Å²) in [6.45, 7) is 7.05. The molecule has 0 spiro atoms. The van der Waals surface area contributed by atoms with Gasteiger partial charge < -0.3 is 15.5 Å². The number of aliphatic hydroxyl groups is 2. The molecular formula is C26H45NO6S. The molecule has 4 aliphatic rings. The summed E-state index contributed by atoms with van der Waals surface area (Å²) in [5.41, 5.74) is 0.411. The first-order valence-electron chi connectivity index (χ1n) is 13.4. The zero-order valence-corrected chi connectivity index (χ0v) is 21.9. The first-order chi connectivity index (χ1) is 15.8. The summed E-state index contributed by atoms with van der Waals surface area (Å²) >= 11 is 0. The van der Waals surface area contributed by atoms with Gasteiger partial charge in [0, 0.05) is 13.0 Å². The third kappa shape index (κ3) is 4.94. The number of carbonyl (C=O) groups is 1. The molecule has 196 valence electrons. The van der Waals surface area contributed by atoms with E-state index in [-0.39, 0.29) is 35.5 Å². The third-order valence-corrected chi connectivity index (χ3v) is 11.6. The summed E-state index contributed by atoms with van der Waals surface area (Å²) in [5, 5.41) is 24.2. The standard InChI is InChI=1S/C26H45NO6S/c1-16(4-7-23(30)27-12-13-34(31,32)33)19-5-6-20-24-21(9-11-26(19,20)3)25(2)10-8-18(28)14-17(25)15-22(24)29/h16-22,24,28-29H,4-15H2,1-3H3,(H,27,30)(H,31,32,33)/t16?,17-,18?,19+,20?,21?,22-,24-,25-,26+/m0/s1. The van der Waals surface area contributed by atoms with Gasteiger partial charge in [-0.1, -0.05) is 20.8 Å². The topological polar surface area (TPSA) is 124 Å². The SMILES string of the molecule is CC(CCC(=O)NCCS(=O)(=O)O)[C@H]1CCC2[C@H]3C(CC[C@@]21C)[C@@]1(C)CCC(O)C[C@H]1C[C@@H]3O. The van der Waals surface area contributed by atoms with Gasteiger partial charge in [0.25, 0.3) is 10.1 Å². The molecule has 8 heteroatoms. The van der Waals surface area contributed by atoms with Crippen LogP contribution < -0.4 is 5.32 Å². The minimum absolute atomic E-state index is 0.0625. The van der Waals surface area contributed by atoms with Crippen LogP contribution >= 0.6 is 0 Å². The van der Waals surface area contributed by atoms with Crippen molar-refractivity contribution in [1.82, 2.24) is 5.32 Å². The molecule has 0 aromatic carbocycles. The first kappa shape index (κ1) is 26.4. The second-order valence-electron chi connectivity index (χ2n) is 12.6. The van der Waals surface area contributed by atoms with E-state index in [1.54, 1.807) is 0 Å². The van der Waals surface area contributed by atoms with E-state index in [1.807, 2.05) is 0 Å². The van der Waals surface area contributed by atoms with Crippen LogP contribution in [0.15, 0.2) is 0 Å². The van der Waals surface area contributed by atoms with Crippen molar-refractivity contribution in [2.45, 2.75) is 97.2 Å². The number of amides is 1. The summed E-state index contributed by atoms with van der Waals surface area (Å²) in [4.78, 5) is 12.2. The zero-order chi connectivity index (χ0) is 24.9. The summed E-state index contributed by atoms with van der Waals surface area (Å²) in [5.74, 6) is 2.10. The fraction of sp³-hybridized carbons (Fsp3) is 0.962. The highest BCUT2D eigenvalue weighted by molar-refractivity contribution is 7.85. The number of nitrogens with one attached hydrogen (secondary N) is 1. The van der Waals surface area contributed by atoms with Gasteiger partial charge in [0.05, 0.1) is 18.0 Å². The van der Waals surface area contributed by atoms with Crippen molar-refractivity contribution in [2.75, 3.05) is 12.3 Å². The van der Waals surface area contributed by atoms with Crippen molar-refractivity contribution in [3.05, 3.63) is 0 Å². The molecule has 34 heavy (non-hydrogen) atoms. The van der Waals surface area contributed by atoms with E-state index >= 15 is 0 Å². The molecule has 0 aromatic heterocycles. The van der Waals surface area contributed by atoms with Gasteiger partial charge in [0.2, 0.25) is 5.91 Å². The molecule has 4 unspecified atom stereocenters. The molecule has 10 atom stereocenters. The maximum atomic E-state index is 12.2. The van der Waals surface area contributed by atoms with Gasteiger partial charge in [-0.05, 0) is 104 Å². The monoisotopic (exact) mass is 499 g/mol. The Kier molecular flexibility index (Phi) is 7.47. The molecule has 1 amide bonds. The second kappa shape index (κ2) is 9.64. The molecule has 4 fully saturated rings. The Bertz CT molecular complexity index is 863. The van der Waals surface area contributed by atoms with Crippen LogP contribution in [0.5, 0.6) is 0 Å². The highest BCUT2D eigenvalue weighted by Gasteiger charge is 2.62. The number of rotatable bonds is 7. The number of aliphatic hydroxyl groups excluding tert-OH is 2. The lowest BCUT2D eigenvalue weighted by atomic mass is 9.43. The minimum atomic E-state index is -4.06. The Morgan fingerprint density at radius 1 is 1.03 bits per heavy atom. The molecule has 4 aliphatic carbocycles. The molecular weight excluding hydrogens is 454 g/mol. The van der Waals surface area contributed by atoms with Crippen molar-refractivity contribution >= 4 is 16.0 Å². The Morgan fingerprint density at radius 3 is 2.41 bits per heavy atom. The van der Waals surface area contributed by atoms with Gasteiger partial charge in [-0.25, -0.2) is 0 Å².